The molecule has 7 aromatic carbocycles. The molecule has 47 heavy (non-hydrogen) atoms. The Kier molecular flexibility index (Phi) is 5.49. The van der Waals surface area contributed by atoms with Gasteiger partial charge in [0.25, 0.3) is 0 Å². The largest absolute Gasteiger partial charge is 0.309 e. The van der Waals surface area contributed by atoms with Crippen LogP contribution < -0.4 is 4.90 Å². The third kappa shape index (κ3) is 4.36. The summed E-state index contributed by atoms with van der Waals surface area (Å²) in [6.45, 7) is 4.51. The molecule has 1 aliphatic carbocycles. The van der Waals surface area contributed by atoms with Crippen LogP contribution in [0.15, 0.2) is 164 Å². The molecule has 1 nitrogen and oxygen atoms in total. The van der Waals surface area contributed by atoms with Gasteiger partial charge in [-0.2, -0.15) is 0 Å². The van der Waals surface area contributed by atoms with E-state index in [1.54, 1.807) is 11.3 Å². The molecule has 0 spiro atoms. The Labute approximate surface area is 285 Å². The van der Waals surface area contributed by atoms with Crippen molar-refractivity contribution in [1.29, 1.82) is 0 Å². The highest BCUT2D eigenvalue weighted by Gasteiger charge is 2.38. The van der Waals surface area contributed by atoms with Crippen molar-refractivity contribution in [1.82, 2.24) is 0 Å². The van der Waals surface area contributed by atoms with Crippen molar-refractivity contribution in [2.24, 2.45) is 0 Å². The Hall–Kier alpha value is -5.44. The molecular weight excluding hydrogens is 587 g/mol. The van der Waals surface area contributed by atoms with Gasteiger partial charge in [-0.05, 0) is 69.8 Å². The third-order valence-corrected chi connectivity index (χ3v) is 10.8. The van der Waals surface area contributed by atoms with E-state index in [-0.39, 0.29) is 29.6 Å². The summed E-state index contributed by atoms with van der Waals surface area (Å²) >= 11 is 1.70. The summed E-state index contributed by atoms with van der Waals surface area (Å²) in [4.78, 5) is 2.08. The SMILES string of the molecule is [2H]c1c([2H])c([2H])c(N(c2ccc(-c3ccccc3)cc2)c2cccc3c2-c2ccccc2C3(C)C)c(-c2cccc3sc4ccccc4c23)c1[2H]. The normalized spacial score (nSPS) is 14.3. The van der Waals surface area contributed by atoms with Gasteiger partial charge in [0.1, 0.15) is 0 Å². The Balaban J connectivity index is 1.40. The first kappa shape index (κ1) is 23.8. The minimum atomic E-state index is -0.264. The predicted octanol–water partition coefficient (Wildman–Crippen LogP) is 13.2. The summed E-state index contributed by atoms with van der Waals surface area (Å²) in [5.74, 6) is 0. The summed E-state index contributed by atoms with van der Waals surface area (Å²) in [6, 6.07) is 47.2. The van der Waals surface area contributed by atoms with E-state index in [2.05, 4.69) is 116 Å². The lowest BCUT2D eigenvalue weighted by Crippen LogP contribution is -2.16. The Morgan fingerprint density at radius 1 is 0.532 bits per heavy atom. The minimum absolute atomic E-state index is 0.0620. The molecule has 224 valence electrons. The van der Waals surface area contributed by atoms with Crippen LogP contribution in [0.5, 0.6) is 0 Å². The van der Waals surface area contributed by atoms with Crippen LogP contribution in [0.4, 0.5) is 17.1 Å². The number of fused-ring (bicyclic) bond motifs is 6. The van der Waals surface area contributed by atoms with Gasteiger partial charge in [0.2, 0.25) is 0 Å². The van der Waals surface area contributed by atoms with Crippen molar-refractivity contribution in [2.45, 2.75) is 19.3 Å². The Morgan fingerprint density at radius 2 is 1.19 bits per heavy atom. The average molecular weight is 624 g/mol. The molecule has 1 aromatic heterocycles. The molecule has 2 heteroatoms. The zero-order valence-corrected chi connectivity index (χ0v) is 27.0. The first-order valence-corrected chi connectivity index (χ1v) is 16.8. The second-order valence-electron chi connectivity index (χ2n) is 12.6. The number of rotatable bonds is 5. The van der Waals surface area contributed by atoms with Crippen LogP contribution in [0, 0.1) is 0 Å². The average Bonchev–Trinajstić information content (AvgIpc) is 3.66. The summed E-state index contributed by atoms with van der Waals surface area (Å²) in [5, 5.41) is 2.06. The van der Waals surface area contributed by atoms with E-state index >= 15 is 0 Å². The van der Waals surface area contributed by atoms with Gasteiger partial charge < -0.3 is 4.90 Å². The molecule has 8 aromatic rings. The molecule has 0 radical (unpaired) electrons. The molecule has 0 saturated carbocycles. The van der Waals surface area contributed by atoms with Gasteiger partial charge in [-0.25, -0.2) is 0 Å². The lowest BCUT2D eigenvalue weighted by Gasteiger charge is -2.31. The van der Waals surface area contributed by atoms with Crippen LogP contribution in [0.1, 0.15) is 30.5 Å². The third-order valence-electron chi connectivity index (χ3n) is 9.62. The second kappa shape index (κ2) is 10.8. The van der Waals surface area contributed by atoms with E-state index in [0.29, 0.717) is 11.3 Å². The monoisotopic (exact) mass is 623 g/mol. The van der Waals surface area contributed by atoms with Crippen LogP contribution in [0.3, 0.4) is 0 Å². The standard InChI is InChI=1S/C45H33NS/c1-45(2)37-20-9-6-17-35(37)44-38(45)21-13-23-40(44)46(32-28-26-31(27-29-32)30-14-4-3-5-15-30)39-22-10-7-16-33(39)34-19-12-25-42-43(34)36-18-8-11-24-41(36)47-42/h3-29H,1-2H3/i7D,10D,16D,22D. The topological polar surface area (TPSA) is 3.24 Å². The molecule has 0 amide bonds. The number of anilines is 3. The maximum absolute atomic E-state index is 9.65. The van der Waals surface area contributed by atoms with Gasteiger partial charge >= 0.3 is 0 Å². The highest BCUT2D eigenvalue weighted by Crippen LogP contribution is 2.55. The van der Waals surface area contributed by atoms with Crippen LogP contribution in [0.25, 0.3) is 53.6 Å². The molecule has 0 N–H and O–H groups in total. The molecule has 0 aliphatic heterocycles. The first-order chi connectivity index (χ1) is 24.8. The van der Waals surface area contributed by atoms with E-state index in [0.717, 1.165) is 59.4 Å². The summed E-state index contributed by atoms with van der Waals surface area (Å²) in [6.07, 6.45) is 0. The van der Waals surface area contributed by atoms with Crippen molar-refractivity contribution >= 4 is 48.6 Å². The van der Waals surface area contributed by atoms with E-state index in [1.165, 1.54) is 11.1 Å². The number of thiophene rings is 1. The van der Waals surface area contributed by atoms with Crippen molar-refractivity contribution < 1.29 is 5.48 Å². The van der Waals surface area contributed by atoms with Gasteiger partial charge in [0, 0.05) is 42.4 Å². The molecule has 0 bridgehead atoms. The molecule has 0 saturated heterocycles. The van der Waals surface area contributed by atoms with Gasteiger partial charge in [0.05, 0.1) is 16.9 Å². The molecule has 9 rings (SSSR count). The van der Waals surface area contributed by atoms with Crippen LogP contribution in [-0.4, -0.2) is 0 Å². The van der Waals surface area contributed by atoms with E-state index in [4.69, 9.17) is 2.74 Å². The van der Waals surface area contributed by atoms with Gasteiger partial charge in [-0.3, -0.25) is 0 Å². The number of nitrogens with zero attached hydrogens (tertiary/aromatic N) is 1. The maximum atomic E-state index is 9.65. The highest BCUT2D eigenvalue weighted by molar-refractivity contribution is 7.25. The summed E-state index contributed by atoms with van der Waals surface area (Å²) in [5.41, 5.74) is 9.88. The zero-order valence-electron chi connectivity index (χ0n) is 30.1. The number of hydrogen-bond donors (Lipinski definition) is 0. The number of benzene rings is 7. The zero-order chi connectivity index (χ0) is 35.0. The second-order valence-corrected chi connectivity index (χ2v) is 13.7. The first-order valence-electron chi connectivity index (χ1n) is 18.0. The molecular formula is C45H33NS. The highest BCUT2D eigenvalue weighted by atomic mass is 32.1. The molecule has 1 heterocycles. The van der Waals surface area contributed by atoms with Crippen molar-refractivity contribution in [3.8, 4) is 33.4 Å². The van der Waals surface area contributed by atoms with Crippen LogP contribution in [-0.2, 0) is 5.41 Å². The summed E-state index contributed by atoms with van der Waals surface area (Å²) in [7, 11) is 0. The Bertz CT molecular complexity index is 2660. The molecule has 0 fully saturated rings. The fourth-order valence-electron chi connectivity index (χ4n) is 7.40. The minimum Gasteiger partial charge on any atom is -0.309 e. The number of hydrogen-bond acceptors (Lipinski definition) is 2. The van der Waals surface area contributed by atoms with Crippen molar-refractivity contribution in [2.75, 3.05) is 4.90 Å². The van der Waals surface area contributed by atoms with Crippen molar-refractivity contribution in [3.63, 3.8) is 0 Å². The Morgan fingerprint density at radius 3 is 2.06 bits per heavy atom. The number of para-hydroxylation sites is 1. The molecule has 0 unspecified atom stereocenters. The fraction of sp³-hybridized carbons (Fsp3) is 0.0667. The van der Waals surface area contributed by atoms with Gasteiger partial charge in [-0.15, -0.1) is 11.3 Å². The lowest BCUT2D eigenvalue weighted by molar-refractivity contribution is 0.660. The summed E-state index contributed by atoms with van der Waals surface area (Å²) < 4.78 is 39.4. The van der Waals surface area contributed by atoms with Gasteiger partial charge in [0.15, 0.2) is 0 Å². The lowest BCUT2D eigenvalue weighted by atomic mass is 9.82. The maximum Gasteiger partial charge on any atom is 0.0645 e. The smallest absolute Gasteiger partial charge is 0.0645 e. The van der Waals surface area contributed by atoms with Gasteiger partial charge in [-0.1, -0.05) is 141 Å². The van der Waals surface area contributed by atoms with E-state index < -0.39 is 0 Å². The fourth-order valence-corrected chi connectivity index (χ4v) is 8.53. The van der Waals surface area contributed by atoms with Crippen LogP contribution >= 0.6 is 11.3 Å². The molecule has 0 atom stereocenters. The quantitative estimate of drug-likeness (QED) is 0.184. The van der Waals surface area contributed by atoms with E-state index in [9.17, 15) is 2.74 Å². The van der Waals surface area contributed by atoms with Crippen molar-refractivity contribution in [3.05, 3.63) is 175 Å². The van der Waals surface area contributed by atoms with E-state index in [1.807, 2.05) is 42.5 Å². The van der Waals surface area contributed by atoms with Crippen LogP contribution in [0.2, 0.25) is 0 Å². The molecule has 1 aliphatic rings. The predicted molar refractivity (Wildman–Crippen MR) is 202 cm³/mol.